The lowest BCUT2D eigenvalue weighted by Gasteiger charge is -2.20. The predicted molar refractivity (Wildman–Crippen MR) is 85.2 cm³/mol. The van der Waals surface area contributed by atoms with Crippen molar-refractivity contribution in [1.29, 1.82) is 0 Å². The van der Waals surface area contributed by atoms with Crippen LogP contribution in [0.3, 0.4) is 0 Å². The molecule has 0 saturated heterocycles. The molecule has 1 heterocycles. The first-order chi connectivity index (χ1) is 10.0. The zero-order chi connectivity index (χ0) is 15.3. The zero-order valence-electron chi connectivity index (χ0n) is 13.3. The van der Waals surface area contributed by atoms with Gasteiger partial charge in [-0.15, -0.1) is 0 Å². The Labute approximate surface area is 126 Å². The Kier molecular flexibility index (Phi) is 5.15. The van der Waals surface area contributed by atoms with Gasteiger partial charge in [-0.25, -0.2) is 0 Å². The minimum Gasteiger partial charge on any atom is -0.375 e. The van der Waals surface area contributed by atoms with E-state index >= 15 is 0 Å². The normalized spacial score (nSPS) is 13.3. The van der Waals surface area contributed by atoms with Crippen LogP contribution in [0.2, 0.25) is 0 Å². The Morgan fingerprint density at radius 1 is 1.24 bits per heavy atom. The molecule has 0 aliphatic carbocycles. The third-order valence-corrected chi connectivity index (χ3v) is 3.57. The molecule has 0 saturated carbocycles. The lowest BCUT2D eigenvalue weighted by Crippen LogP contribution is -2.24. The van der Waals surface area contributed by atoms with Gasteiger partial charge >= 0.3 is 0 Å². The molecular formula is C17H25N3O. The largest absolute Gasteiger partial charge is 0.375 e. The van der Waals surface area contributed by atoms with Crippen molar-refractivity contribution >= 4 is 0 Å². The monoisotopic (exact) mass is 287 g/mol. The van der Waals surface area contributed by atoms with E-state index in [9.17, 15) is 0 Å². The summed E-state index contributed by atoms with van der Waals surface area (Å²) in [5.41, 5.74) is 3.66. The second-order valence-corrected chi connectivity index (χ2v) is 6.29. The Morgan fingerprint density at radius 3 is 2.57 bits per heavy atom. The van der Waals surface area contributed by atoms with E-state index in [1.165, 1.54) is 16.8 Å². The number of nitrogens with one attached hydrogen (secondary N) is 2. The summed E-state index contributed by atoms with van der Waals surface area (Å²) >= 11 is 0. The Morgan fingerprint density at radius 2 is 1.95 bits per heavy atom. The smallest absolute Gasteiger partial charge is 0.0945 e. The molecule has 0 aliphatic rings. The molecule has 4 nitrogen and oxygen atoms in total. The standard InChI is InChI=1S/C17H25N3O/c1-17(2,3)16-14(11-19-20-16)10-18-12-15(21-4)13-8-6-5-7-9-13/h5-9,11,15,18H,10,12H2,1-4H3,(H,19,20)/t15-/m1/s1. The van der Waals surface area contributed by atoms with Gasteiger partial charge in [0, 0.05) is 36.9 Å². The maximum Gasteiger partial charge on any atom is 0.0945 e. The van der Waals surface area contributed by atoms with Crippen LogP contribution in [0, 0.1) is 0 Å². The molecule has 2 rings (SSSR count). The molecular weight excluding hydrogens is 262 g/mol. The molecule has 1 aromatic heterocycles. The van der Waals surface area contributed by atoms with Crippen molar-refractivity contribution < 1.29 is 4.74 Å². The molecule has 0 radical (unpaired) electrons. The van der Waals surface area contributed by atoms with Crippen LogP contribution >= 0.6 is 0 Å². The Bertz CT molecular complexity index is 543. The van der Waals surface area contributed by atoms with E-state index < -0.39 is 0 Å². The van der Waals surface area contributed by atoms with Crippen molar-refractivity contribution in [3.05, 3.63) is 53.3 Å². The van der Waals surface area contributed by atoms with Gasteiger partial charge in [0.1, 0.15) is 0 Å². The van der Waals surface area contributed by atoms with Crippen LogP contribution in [0.4, 0.5) is 0 Å². The van der Waals surface area contributed by atoms with Crippen molar-refractivity contribution in [2.24, 2.45) is 0 Å². The number of benzene rings is 1. The van der Waals surface area contributed by atoms with Gasteiger partial charge < -0.3 is 10.1 Å². The first kappa shape index (κ1) is 15.7. The highest BCUT2D eigenvalue weighted by Gasteiger charge is 2.20. The van der Waals surface area contributed by atoms with Crippen LogP contribution in [-0.2, 0) is 16.7 Å². The summed E-state index contributed by atoms with van der Waals surface area (Å²) in [6, 6.07) is 10.3. The molecule has 2 aromatic rings. The fourth-order valence-electron chi connectivity index (χ4n) is 2.44. The van der Waals surface area contributed by atoms with E-state index in [2.05, 4.69) is 48.4 Å². The van der Waals surface area contributed by atoms with Crippen molar-refractivity contribution in [2.45, 2.75) is 38.8 Å². The van der Waals surface area contributed by atoms with Crippen LogP contribution in [0.5, 0.6) is 0 Å². The number of hydrogen-bond acceptors (Lipinski definition) is 3. The number of methoxy groups -OCH3 is 1. The minimum atomic E-state index is 0.0659. The quantitative estimate of drug-likeness (QED) is 0.858. The Hall–Kier alpha value is -1.65. The van der Waals surface area contributed by atoms with Gasteiger partial charge in [0.15, 0.2) is 0 Å². The maximum absolute atomic E-state index is 5.57. The second-order valence-electron chi connectivity index (χ2n) is 6.29. The van der Waals surface area contributed by atoms with Gasteiger partial charge in [0.05, 0.1) is 12.3 Å². The van der Waals surface area contributed by atoms with E-state index in [0.29, 0.717) is 0 Å². The van der Waals surface area contributed by atoms with Gasteiger partial charge in [-0.2, -0.15) is 5.10 Å². The molecule has 0 aliphatic heterocycles. The number of rotatable bonds is 6. The SMILES string of the molecule is CO[C@H](CNCc1cn[nH]c1C(C)(C)C)c1ccccc1. The first-order valence-electron chi connectivity index (χ1n) is 7.33. The van der Waals surface area contributed by atoms with Crippen LogP contribution in [0.15, 0.2) is 36.5 Å². The molecule has 4 heteroatoms. The molecule has 21 heavy (non-hydrogen) atoms. The average molecular weight is 287 g/mol. The van der Waals surface area contributed by atoms with Gasteiger partial charge in [0.2, 0.25) is 0 Å². The lowest BCUT2D eigenvalue weighted by molar-refractivity contribution is 0.102. The predicted octanol–water partition coefficient (Wildman–Crippen LogP) is 3.18. The molecule has 114 valence electrons. The highest BCUT2D eigenvalue weighted by Crippen LogP contribution is 2.23. The van der Waals surface area contributed by atoms with Crippen molar-refractivity contribution in [1.82, 2.24) is 15.5 Å². The van der Waals surface area contributed by atoms with Crippen LogP contribution in [-0.4, -0.2) is 23.9 Å². The fraction of sp³-hybridized carbons (Fsp3) is 0.471. The molecule has 0 fully saturated rings. The molecule has 0 unspecified atom stereocenters. The second kappa shape index (κ2) is 6.87. The van der Waals surface area contributed by atoms with Crippen molar-refractivity contribution in [3.63, 3.8) is 0 Å². The summed E-state index contributed by atoms with van der Waals surface area (Å²) in [4.78, 5) is 0. The molecule has 2 N–H and O–H groups in total. The number of aromatic amines is 1. The van der Waals surface area contributed by atoms with Gasteiger partial charge in [0.25, 0.3) is 0 Å². The summed E-state index contributed by atoms with van der Waals surface area (Å²) in [5, 5.41) is 10.7. The van der Waals surface area contributed by atoms with Crippen LogP contribution in [0.25, 0.3) is 0 Å². The van der Waals surface area contributed by atoms with Gasteiger partial charge in [-0.05, 0) is 5.56 Å². The average Bonchev–Trinajstić information content (AvgIpc) is 2.93. The van der Waals surface area contributed by atoms with Crippen LogP contribution in [0.1, 0.15) is 43.7 Å². The molecule has 0 amide bonds. The van der Waals surface area contributed by atoms with E-state index in [-0.39, 0.29) is 11.5 Å². The van der Waals surface area contributed by atoms with E-state index in [1.54, 1.807) is 7.11 Å². The summed E-state index contributed by atoms with van der Waals surface area (Å²) in [6.45, 7) is 8.12. The zero-order valence-corrected chi connectivity index (χ0v) is 13.3. The van der Waals surface area contributed by atoms with Gasteiger partial charge in [-0.1, -0.05) is 51.1 Å². The molecule has 1 atom stereocenters. The number of ether oxygens (including phenoxy) is 1. The fourth-order valence-corrected chi connectivity index (χ4v) is 2.44. The lowest BCUT2D eigenvalue weighted by atomic mass is 9.89. The molecule has 0 spiro atoms. The highest BCUT2D eigenvalue weighted by atomic mass is 16.5. The maximum atomic E-state index is 5.57. The Balaban J connectivity index is 1.94. The third-order valence-electron chi connectivity index (χ3n) is 3.57. The third kappa shape index (κ3) is 4.16. The summed E-state index contributed by atoms with van der Waals surface area (Å²) in [5.74, 6) is 0. The van der Waals surface area contributed by atoms with Crippen LogP contribution < -0.4 is 5.32 Å². The van der Waals surface area contributed by atoms with Crippen molar-refractivity contribution in [2.75, 3.05) is 13.7 Å². The summed E-state index contributed by atoms with van der Waals surface area (Å²) < 4.78 is 5.57. The van der Waals surface area contributed by atoms with Crippen molar-refractivity contribution in [3.8, 4) is 0 Å². The number of hydrogen-bond donors (Lipinski definition) is 2. The van der Waals surface area contributed by atoms with E-state index in [0.717, 1.165) is 13.1 Å². The summed E-state index contributed by atoms with van der Waals surface area (Å²) in [7, 11) is 1.75. The number of nitrogens with zero attached hydrogens (tertiary/aromatic N) is 1. The summed E-state index contributed by atoms with van der Waals surface area (Å²) in [6.07, 6.45) is 1.97. The molecule has 1 aromatic carbocycles. The molecule has 0 bridgehead atoms. The topological polar surface area (TPSA) is 49.9 Å². The minimum absolute atomic E-state index is 0.0659. The van der Waals surface area contributed by atoms with Gasteiger partial charge in [-0.3, -0.25) is 5.10 Å². The first-order valence-corrected chi connectivity index (χ1v) is 7.33. The number of aromatic nitrogens is 2. The highest BCUT2D eigenvalue weighted by molar-refractivity contribution is 5.23. The van der Waals surface area contributed by atoms with E-state index in [4.69, 9.17) is 4.74 Å². The van der Waals surface area contributed by atoms with E-state index in [1.807, 2.05) is 24.4 Å². The number of H-pyrrole nitrogens is 1.